The van der Waals surface area contributed by atoms with Crippen LogP contribution in [0.1, 0.15) is 15.9 Å². The van der Waals surface area contributed by atoms with E-state index in [9.17, 15) is 4.79 Å². The molecule has 17 heavy (non-hydrogen) atoms. The van der Waals surface area contributed by atoms with E-state index in [0.29, 0.717) is 11.3 Å². The molecule has 0 N–H and O–H groups in total. The highest BCUT2D eigenvalue weighted by molar-refractivity contribution is 5.84. The van der Waals surface area contributed by atoms with Gasteiger partial charge in [0, 0.05) is 18.0 Å². The molecule has 86 valence electrons. The molecule has 0 aliphatic heterocycles. The monoisotopic (exact) mass is 227 g/mol. The zero-order valence-electron chi connectivity index (χ0n) is 9.81. The van der Waals surface area contributed by atoms with E-state index in [0.717, 1.165) is 23.0 Å². The van der Waals surface area contributed by atoms with Crippen molar-refractivity contribution in [3.05, 3.63) is 47.8 Å². The van der Waals surface area contributed by atoms with Crippen molar-refractivity contribution in [3.63, 3.8) is 0 Å². The van der Waals surface area contributed by atoms with Gasteiger partial charge in [-0.05, 0) is 36.2 Å². The Hall–Kier alpha value is -2.16. The van der Waals surface area contributed by atoms with Crippen LogP contribution in [0.3, 0.4) is 0 Å². The SMILES string of the molecule is COc1c(C)cc(-c2cccnc2)cc1C=O. The first-order valence-electron chi connectivity index (χ1n) is 5.30. The minimum Gasteiger partial charge on any atom is -0.496 e. The fourth-order valence-electron chi connectivity index (χ4n) is 1.87. The number of pyridine rings is 1. The number of ether oxygens (including phenoxy) is 1. The van der Waals surface area contributed by atoms with Crippen LogP contribution in [-0.4, -0.2) is 18.4 Å². The summed E-state index contributed by atoms with van der Waals surface area (Å²) >= 11 is 0. The van der Waals surface area contributed by atoms with E-state index < -0.39 is 0 Å². The number of hydrogen-bond acceptors (Lipinski definition) is 3. The van der Waals surface area contributed by atoms with Gasteiger partial charge in [0.1, 0.15) is 5.75 Å². The van der Waals surface area contributed by atoms with E-state index in [4.69, 9.17) is 4.74 Å². The molecule has 0 aliphatic carbocycles. The zero-order chi connectivity index (χ0) is 12.3. The van der Waals surface area contributed by atoms with Crippen molar-refractivity contribution in [3.8, 4) is 16.9 Å². The highest BCUT2D eigenvalue weighted by Gasteiger charge is 2.09. The molecule has 1 aromatic carbocycles. The molecule has 0 spiro atoms. The van der Waals surface area contributed by atoms with Crippen LogP contribution in [0.2, 0.25) is 0 Å². The molecule has 0 saturated heterocycles. The van der Waals surface area contributed by atoms with Crippen LogP contribution in [0, 0.1) is 6.92 Å². The van der Waals surface area contributed by atoms with Crippen molar-refractivity contribution in [1.29, 1.82) is 0 Å². The van der Waals surface area contributed by atoms with Gasteiger partial charge in [0.25, 0.3) is 0 Å². The zero-order valence-corrected chi connectivity index (χ0v) is 9.81. The molecule has 1 heterocycles. The largest absolute Gasteiger partial charge is 0.496 e. The second-order valence-electron chi connectivity index (χ2n) is 3.78. The summed E-state index contributed by atoms with van der Waals surface area (Å²) in [5.41, 5.74) is 3.46. The van der Waals surface area contributed by atoms with Gasteiger partial charge in [0.05, 0.1) is 12.7 Å². The summed E-state index contributed by atoms with van der Waals surface area (Å²) in [7, 11) is 1.57. The Kier molecular flexibility index (Phi) is 3.19. The molecule has 3 nitrogen and oxygen atoms in total. The average molecular weight is 227 g/mol. The van der Waals surface area contributed by atoms with Gasteiger partial charge in [0.15, 0.2) is 6.29 Å². The Morgan fingerprint density at radius 1 is 1.29 bits per heavy atom. The van der Waals surface area contributed by atoms with Gasteiger partial charge in [0.2, 0.25) is 0 Å². The molecular formula is C14H13NO2. The number of methoxy groups -OCH3 is 1. The standard InChI is InChI=1S/C14H13NO2/c1-10-6-12(11-4-3-5-15-8-11)7-13(9-16)14(10)17-2/h3-9H,1-2H3. The summed E-state index contributed by atoms with van der Waals surface area (Å²) in [4.78, 5) is 15.1. The summed E-state index contributed by atoms with van der Waals surface area (Å²) in [5.74, 6) is 0.632. The van der Waals surface area contributed by atoms with Crippen molar-refractivity contribution in [1.82, 2.24) is 4.98 Å². The first kappa shape index (κ1) is 11.3. The molecule has 1 aromatic heterocycles. The van der Waals surface area contributed by atoms with E-state index in [2.05, 4.69) is 4.98 Å². The predicted octanol–water partition coefficient (Wildman–Crippen LogP) is 2.88. The number of carbonyl (C=O) groups is 1. The molecule has 0 bridgehead atoms. The summed E-state index contributed by atoms with van der Waals surface area (Å²) in [6.45, 7) is 1.92. The summed E-state index contributed by atoms with van der Waals surface area (Å²) in [5, 5.41) is 0. The molecule has 0 radical (unpaired) electrons. The van der Waals surface area contributed by atoms with Crippen LogP contribution in [0.25, 0.3) is 11.1 Å². The van der Waals surface area contributed by atoms with Gasteiger partial charge in [-0.2, -0.15) is 0 Å². The number of rotatable bonds is 3. The van der Waals surface area contributed by atoms with Crippen molar-refractivity contribution in [2.45, 2.75) is 6.92 Å². The summed E-state index contributed by atoms with van der Waals surface area (Å²) in [6, 6.07) is 7.64. The fraction of sp³-hybridized carbons (Fsp3) is 0.143. The van der Waals surface area contributed by atoms with Crippen molar-refractivity contribution >= 4 is 6.29 Å². The molecule has 0 amide bonds. The van der Waals surface area contributed by atoms with Crippen molar-refractivity contribution in [2.24, 2.45) is 0 Å². The Morgan fingerprint density at radius 2 is 2.12 bits per heavy atom. The fourth-order valence-corrected chi connectivity index (χ4v) is 1.87. The van der Waals surface area contributed by atoms with E-state index in [1.54, 1.807) is 19.5 Å². The smallest absolute Gasteiger partial charge is 0.153 e. The summed E-state index contributed by atoms with van der Waals surface area (Å²) < 4.78 is 5.21. The van der Waals surface area contributed by atoms with Gasteiger partial charge in [-0.1, -0.05) is 6.07 Å². The highest BCUT2D eigenvalue weighted by atomic mass is 16.5. The van der Waals surface area contributed by atoms with Crippen LogP contribution >= 0.6 is 0 Å². The maximum Gasteiger partial charge on any atom is 0.153 e. The first-order valence-corrected chi connectivity index (χ1v) is 5.30. The van der Waals surface area contributed by atoms with Gasteiger partial charge in [-0.15, -0.1) is 0 Å². The Bertz CT molecular complexity index is 535. The van der Waals surface area contributed by atoms with E-state index in [-0.39, 0.29) is 0 Å². The molecular weight excluding hydrogens is 214 g/mol. The number of aldehydes is 1. The number of benzene rings is 1. The normalized spacial score (nSPS) is 10.0. The lowest BCUT2D eigenvalue weighted by molar-refractivity contribution is 0.112. The molecule has 0 fully saturated rings. The lowest BCUT2D eigenvalue weighted by Gasteiger charge is -2.10. The quantitative estimate of drug-likeness (QED) is 0.757. The van der Waals surface area contributed by atoms with E-state index >= 15 is 0 Å². The minimum atomic E-state index is 0.561. The number of carbonyl (C=O) groups excluding carboxylic acids is 1. The number of nitrogens with zero attached hydrogens (tertiary/aromatic N) is 1. The maximum atomic E-state index is 11.0. The number of aryl methyl sites for hydroxylation is 1. The van der Waals surface area contributed by atoms with E-state index in [1.165, 1.54) is 0 Å². The Labute approximate surface area is 100 Å². The number of hydrogen-bond donors (Lipinski definition) is 0. The molecule has 3 heteroatoms. The highest BCUT2D eigenvalue weighted by Crippen LogP contribution is 2.28. The number of aromatic nitrogens is 1. The van der Waals surface area contributed by atoms with Gasteiger partial charge in [-0.25, -0.2) is 0 Å². The lowest BCUT2D eigenvalue weighted by atomic mass is 10.0. The minimum absolute atomic E-state index is 0.561. The Morgan fingerprint density at radius 3 is 2.71 bits per heavy atom. The maximum absolute atomic E-state index is 11.0. The van der Waals surface area contributed by atoms with Gasteiger partial charge >= 0.3 is 0 Å². The topological polar surface area (TPSA) is 39.2 Å². The Balaban J connectivity index is 2.58. The molecule has 0 unspecified atom stereocenters. The van der Waals surface area contributed by atoms with Gasteiger partial charge in [-0.3, -0.25) is 9.78 Å². The third-order valence-electron chi connectivity index (χ3n) is 2.63. The van der Waals surface area contributed by atoms with Crippen LogP contribution in [-0.2, 0) is 0 Å². The van der Waals surface area contributed by atoms with E-state index in [1.807, 2.05) is 31.2 Å². The van der Waals surface area contributed by atoms with Crippen molar-refractivity contribution < 1.29 is 9.53 Å². The molecule has 0 atom stereocenters. The second-order valence-corrected chi connectivity index (χ2v) is 3.78. The van der Waals surface area contributed by atoms with Crippen LogP contribution in [0.4, 0.5) is 0 Å². The van der Waals surface area contributed by atoms with Crippen molar-refractivity contribution in [2.75, 3.05) is 7.11 Å². The first-order chi connectivity index (χ1) is 8.26. The second kappa shape index (κ2) is 4.78. The van der Waals surface area contributed by atoms with Crippen LogP contribution in [0.15, 0.2) is 36.7 Å². The average Bonchev–Trinajstić information content (AvgIpc) is 2.38. The van der Waals surface area contributed by atoms with Gasteiger partial charge < -0.3 is 4.74 Å². The molecule has 0 aliphatic rings. The predicted molar refractivity (Wildman–Crippen MR) is 66.3 cm³/mol. The third kappa shape index (κ3) is 2.18. The van der Waals surface area contributed by atoms with Crippen LogP contribution < -0.4 is 4.74 Å². The molecule has 2 aromatic rings. The summed E-state index contributed by atoms with van der Waals surface area (Å²) in [6.07, 6.45) is 4.31. The third-order valence-corrected chi connectivity index (χ3v) is 2.63. The van der Waals surface area contributed by atoms with Crippen LogP contribution in [0.5, 0.6) is 5.75 Å². The molecule has 0 saturated carbocycles. The lowest BCUT2D eigenvalue weighted by Crippen LogP contribution is -1.95. The molecule has 2 rings (SSSR count).